The second kappa shape index (κ2) is 4.07. The number of alkyl halides is 1. The van der Waals surface area contributed by atoms with Gasteiger partial charge in [0.15, 0.2) is 5.78 Å². The van der Waals surface area contributed by atoms with Crippen LogP contribution in [0.25, 0.3) is 0 Å². The SMILES string of the molecule is CC(Cl)C(=O)c1cc2c(cc1Cl)NC(=O)C2. The van der Waals surface area contributed by atoms with Gasteiger partial charge in [0.05, 0.1) is 16.8 Å². The third-order valence-electron chi connectivity index (χ3n) is 2.44. The van der Waals surface area contributed by atoms with Crippen molar-refractivity contribution in [3.63, 3.8) is 0 Å². The highest BCUT2D eigenvalue weighted by Crippen LogP contribution is 2.30. The van der Waals surface area contributed by atoms with Crippen LogP contribution in [0.5, 0.6) is 0 Å². The zero-order chi connectivity index (χ0) is 11.9. The average Bonchev–Trinajstić information content (AvgIpc) is 2.54. The molecule has 1 aliphatic rings. The largest absolute Gasteiger partial charge is 0.325 e. The first-order valence-corrected chi connectivity index (χ1v) is 5.61. The summed E-state index contributed by atoms with van der Waals surface area (Å²) < 4.78 is 0. The van der Waals surface area contributed by atoms with Gasteiger partial charge >= 0.3 is 0 Å². The number of halogens is 2. The van der Waals surface area contributed by atoms with Crippen molar-refractivity contribution in [2.75, 3.05) is 5.32 Å². The van der Waals surface area contributed by atoms with Crippen LogP contribution in [0.15, 0.2) is 12.1 Å². The van der Waals surface area contributed by atoms with Gasteiger partial charge in [-0.05, 0) is 24.6 Å². The van der Waals surface area contributed by atoms with Crippen LogP contribution in [0.3, 0.4) is 0 Å². The maximum absolute atomic E-state index is 11.7. The molecule has 0 radical (unpaired) electrons. The van der Waals surface area contributed by atoms with E-state index in [1.165, 1.54) is 0 Å². The first kappa shape index (κ1) is 11.4. The van der Waals surface area contributed by atoms with E-state index >= 15 is 0 Å². The van der Waals surface area contributed by atoms with Crippen LogP contribution in [0.4, 0.5) is 5.69 Å². The Balaban J connectivity index is 2.46. The van der Waals surface area contributed by atoms with E-state index in [9.17, 15) is 9.59 Å². The molecule has 1 aromatic carbocycles. The van der Waals surface area contributed by atoms with E-state index in [0.29, 0.717) is 16.3 Å². The predicted octanol–water partition coefficient (Wildman–Crippen LogP) is 2.64. The summed E-state index contributed by atoms with van der Waals surface area (Å²) in [6.07, 6.45) is 0.281. The lowest BCUT2D eigenvalue weighted by Gasteiger charge is -2.07. The lowest BCUT2D eigenvalue weighted by molar-refractivity contribution is -0.115. The van der Waals surface area contributed by atoms with Gasteiger partial charge in [0.1, 0.15) is 0 Å². The van der Waals surface area contributed by atoms with Gasteiger partial charge < -0.3 is 5.32 Å². The minimum absolute atomic E-state index is 0.0883. The number of amides is 1. The standard InChI is InChI=1S/C11H9Cl2NO2/c1-5(12)11(16)7-2-6-3-10(15)14-9(6)4-8(7)13/h2,4-5H,3H2,1H3,(H,14,15). The van der Waals surface area contributed by atoms with Crippen LogP contribution in [0, 0.1) is 0 Å². The van der Waals surface area contributed by atoms with Gasteiger partial charge in [-0.2, -0.15) is 0 Å². The van der Waals surface area contributed by atoms with Crippen molar-refractivity contribution in [3.05, 3.63) is 28.3 Å². The number of Topliss-reactive ketones (excluding diaryl/α,β-unsaturated/α-hetero) is 1. The molecule has 84 valence electrons. The average molecular weight is 258 g/mol. The Hall–Kier alpha value is -1.06. The second-order valence-electron chi connectivity index (χ2n) is 3.69. The molecule has 16 heavy (non-hydrogen) atoms. The van der Waals surface area contributed by atoms with Gasteiger partial charge in [-0.1, -0.05) is 11.6 Å². The Morgan fingerprint density at radius 2 is 2.19 bits per heavy atom. The van der Waals surface area contributed by atoms with Gasteiger partial charge in [0.25, 0.3) is 0 Å². The fourth-order valence-corrected chi connectivity index (χ4v) is 2.03. The third kappa shape index (κ3) is 1.93. The van der Waals surface area contributed by atoms with E-state index in [0.717, 1.165) is 5.56 Å². The van der Waals surface area contributed by atoms with Crippen LogP contribution >= 0.6 is 23.2 Å². The molecular formula is C11H9Cl2NO2. The Morgan fingerprint density at radius 1 is 1.50 bits per heavy atom. The van der Waals surface area contributed by atoms with Crippen molar-refractivity contribution in [1.29, 1.82) is 0 Å². The summed E-state index contributed by atoms with van der Waals surface area (Å²) in [4.78, 5) is 22.9. The maximum Gasteiger partial charge on any atom is 0.228 e. The summed E-state index contributed by atoms with van der Waals surface area (Å²) in [6.45, 7) is 1.59. The molecule has 0 aromatic heterocycles. The highest BCUT2D eigenvalue weighted by molar-refractivity contribution is 6.39. The number of fused-ring (bicyclic) bond motifs is 1. The van der Waals surface area contributed by atoms with Gasteiger partial charge in [0, 0.05) is 11.3 Å². The molecule has 1 aliphatic heterocycles. The Morgan fingerprint density at radius 3 is 2.81 bits per heavy atom. The fourth-order valence-electron chi connectivity index (χ4n) is 1.65. The van der Waals surface area contributed by atoms with Crippen LogP contribution in [0.2, 0.25) is 5.02 Å². The number of rotatable bonds is 2. The monoisotopic (exact) mass is 257 g/mol. The first-order chi connectivity index (χ1) is 7.49. The van der Waals surface area contributed by atoms with Gasteiger partial charge in [-0.3, -0.25) is 9.59 Å². The van der Waals surface area contributed by atoms with E-state index in [4.69, 9.17) is 23.2 Å². The van der Waals surface area contributed by atoms with Crippen molar-refractivity contribution in [1.82, 2.24) is 0 Å². The molecule has 1 unspecified atom stereocenters. The molecule has 0 fully saturated rings. The normalized spacial score (nSPS) is 15.6. The quantitative estimate of drug-likeness (QED) is 0.654. The molecule has 0 saturated carbocycles. The van der Waals surface area contributed by atoms with E-state index in [-0.39, 0.29) is 18.1 Å². The molecule has 0 aliphatic carbocycles. The van der Waals surface area contributed by atoms with Crippen molar-refractivity contribution in [3.8, 4) is 0 Å². The molecule has 0 bridgehead atoms. The first-order valence-electron chi connectivity index (χ1n) is 4.79. The van der Waals surface area contributed by atoms with Crippen LogP contribution in [0.1, 0.15) is 22.8 Å². The number of carbonyl (C=O) groups excluding carboxylic acids is 2. The smallest absolute Gasteiger partial charge is 0.228 e. The number of benzene rings is 1. The number of ketones is 1. The summed E-state index contributed by atoms with van der Waals surface area (Å²) >= 11 is 11.7. The number of anilines is 1. The minimum atomic E-state index is -0.624. The number of hydrogen-bond acceptors (Lipinski definition) is 2. The van der Waals surface area contributed by atoms with Crippen molar-refractivity contribution < 1.29 is 9.59 Å². The summed E-state index contributed by atoms with van der Waals surface area (Å²) in [5.74, 6) is -0.316. The summed E-state index contributed by atoms with van der Waals surface area (Å²) in [5.41, 5.74) is 1.84. The topological polar surface area (TPSA) is 46.2 Å². The molecule has 1 aromatic rings. The second-order valence-corrected chi connectivity index (χ2v) is 4.76. The van der Waals surface area contributed by atoms with E-state index in [1.54, 1.807) is 19.1 Å². The molecule has 1 amide bonds. The highest BCUT2D eigenvalue weighted by Gasteiger charge is 2.23. The predicted molar refractivity (Wildman–Crippen MR) is 63.4 cm³/mol. The Bertz CT molecular complexity index is 483. The van der Waals surface area contributed by atoms with Gasteiger partial charge in [0.2, 0.25) is 5.91 Å². The number of nitrogens with one attached hydrogen (secondary N) is 1. The third-order valence-corrected chi connectivity index (χ3v) is 2.96. The molecule has 5 heteroatoms. The molecule has 1 heterocycles. The highest BCUT2D eigenvalue weighted by atomic mass is 35.5. The fraction of sp³-hybridized carbons (Fsp3) is 0.273. The maximum atomic E-state index is 11.7. The van der Waals surface area contributed by atoms with E-state index in [2.05, 4.69) is 5.32 Å². The van der Waals surface area contributed by atoms with Crippen molar-refractivity contribution in [2.24, 2.45) is 0 Å². The van der Waals surface area contributed by atoms with E-state index < -0.39 is 5.38 Å². The zero-order valence-corrected chi connectivity index (χ0v) is 10.0. The van der Waals surface area contributed by atoms with Crippen LogP contribution in [-0.4, -0.2) is 17.1 Å². The van der Waals surface area contributed by atoms with Crippen LogP contribution in [-0.2, 0) is 11.2 Å². The molecule has 3 nitrogen and oxygen atoms in total. The van der Waals surface area contributed by atoms with Crippen molar-refractivity contribution >= 4 is 40.6 Å². The summed E-state index contributed by atoms with van der Waals surface area (Å²) in [5, 5.41) is 2.36. The molecule has 1 atom stereocenters. The Kier molecular flexibility index (Phi) is 2.91. The molecule has 1 N–H and O–H groups in total. The molecule has 0 spiro atoms. The zero-order valence-electron chi connectivity index (χ0n) is 8.51. The number of hydrogen-bond donors (Lipinski definition) is 1. The molecular weight excluding hydrogens is 249 g/mol. The lowest BCUT2D eigenvalue weighted by atomic mass is 10.0. The molecule has 0 saturated heterocycles. The number of carbonyl (C=O) groups is 2. The van der Waals surface area contributed by atoms with Crippen LogP contribution < -0.4 is 5.32 Å². The Labute approximate surface area is 103 Å². The minimum Gasteiger partial charge on any atom is -0.325 e. The van der Waals surface area contributed by atoms with Gasteiger partial charge in [-0.15, -0.1) is 11.6 Å². The summed E-state index contributed by atoms with van der Waals surface area (Å²) in [6, 6.07) is 3.23. The molecule has 2 rings (SSSR count). The lowest BCUT2D eigenvalue weighted by Crippen LogP contribution is -2.11. The van der Waals surface area contributed by atoms with Crippen molar-refractivity contribution in [2.45, 2.75) is 18.7 Å². The van der Waals surface area contributed by atoms with Gasteiger partial charge in [-0.25, -0.2) is 0 Å². The summed E-state index contributed by atoms with van der Waals surface area (Å²) in [7, 11) is 0. The van der Waals surface area contributed by atoms with E-state index in [1.807, 2.05) is 0 Å².